The average molecular weight is 292 g/mol. The van der Waals surface area contributed by atoms with E-state index >= 15 is 0 Å². The zero-order chi connectivity index (χ0) is 14.8. The Morgan fingerprint density at radius 1 is 1.50 bits per heavy atom. The van der Waals surface area contributed by atoms with Crippen LogP contribution < -0.4 is 10.4 Å². The first-order valence-corrected chi connectivity index (χ1v) is 6.50. The largest absolute Gasteiger partial charge is 0.465 e. The fraction of sp³-hybridized carbons (Fsp3) is 0.182. The van der Waals surface area contributed by atoms with Crippen molar-refractivity contribution < 1.29 is 6.11 Å². The summed E-state index contributed by atoms with van der Waals surface area (Å²) in [6, 6.07) is 1.66. The Kier molecular flexibility index (Phi) is 2.94. The van der Waals surface area contributed by atoms with Crippen molar-refractivity contribution in [1.29, 1.82) is 0 Å². The standard InChI is InChI=1S/C11H10N6O2S/c1-16-11(18)17(15-14-16)9-2-3-12-6-8(9)7-19-10-13-4-5-20-10/h2-6H,7H2,1H3/i4T. The van der Waals surface area contributed by atoms with Gasteiger partial charge in [-0.3, -0.25) is 4.98 Å². The average Bonchev–Trinajstić information content (AvgIpc) is 3.04. The first-order chi connectivity index (χ1) is 10.1. The number of hydrogen-bond acceptors (Lipinski definition) is 7. The minimum Gasteiger partial charge on any atom is -0.465 e. The highest BCUT2D eigenvalue weighted by molar-refractivity contribution is 7.11. The summed E-state index contributed by atoms with van der Waals surface area (Å²) < 4.78 is 15.2. The van der Waals surface area contributed by atoms with Crippen molar-refractivity contribution in [2.24, 2.45) is 7.05 Å². The Hall–Kier alpha value is -2.55. The second kappa shape index (κ2) is 5.21. The smallest absolute Gasteiger partial charge is 0.368 e. The third-order valence-corrected chi connectivity index (χ3v) is 3.18. The molecule has 0 bridgehead atoms. The molecule has 0 spiro atoms. The van der Waals surface area contributed by atoms with Gasteiger partial charge in [0.25, 0.3) is 5.19 Å². The van der Waals surface area contributed by atoms with E-state index in [2.05, 4.69) is 20.4 Å². The van der Waals surface area contributed by atoms with Gasteiger partial charge in [-0.2, -0.15) is 9.36 Å². The second-order valence-corrected chi connectivity index (χ2v) is 4.65. The van der Waals surface area contributed by atoms with Crippen LogP contribution in [0.3, 0.4) is 0 Å². The topological polar surface area (TPSA) is 87.7 Å². The number of ether oxygens (including phenoxy) is 1. The van der Waals surface area contributed by atoms with Gasteiger partial charge < -0.3 is 4.74 Å². The number of aromatic nitrogens is 6. The molecule has 8 nitrogen and oxygen atoms in total. The van der Waals surface area contributed by atoms with Gasteiger partial charge in [0.1, 0.15) is 6.61 Å². The van der Waals surface area contributed by atoms with Crippen LogP contribution in [0.15, 0.2) is 34.8 Å². The summed E-state index contributed by atoms with van der Waals surface area (Å²) in [6.45, 7) is 0.166. The maximum atomic E-state index is 11.9. The van der Waals surface area contributed by atoms with Gasteiger partial charge in [0.15, 0.2) is 0 Å². The van der Waals surface area contributed by atoms with E-state index in [1.807, 2.05) is 0 Å². The number of thiazole rings is 1. The Morgan fingerprint density at radius 2 is 2.40 bits per heavy atom. The van der Waals surface area contributed by atoms with Gasteiger partial charge >= 0.3 is 5.69 Å². The summed E-state index contributed by atoms with van der Waals surface area (Å²) in [5, 5.41) is 9.44. The van der Waals surface area contributed by atoms with Crippen LogP contribution in [-0.4, -0.2) is 29.8 Å². The summed E-state index contributed by atoms with van der Waals surface area (Å²) in [7, 11) is 1.52. The molecule has 20 heavy (non-hydrogen) atoms. The summed E-state index contributed by atoms with van der Waals surface area (Å²) in [5.41, 5.74) is 0.859. The zero-order valence-corrected chi connectivity index (χ0v) is 11.2. The first kappa shape index (κ1) is 11.3. The number of tetrazole rings is 1. The molecular formula is C11H10N6O2S. The van der Waals surface area contributed by atoms with E-state index in [1.165, 1.54) is 23.1 Å². The van der Waals surface area contributed by atoms with Gasteiger partial charge in [-0.15, -0.1) is 0 Å². The fourth-order valence-electron chi connectivity index (χ4n) is 1.59. The molecule has 0 aliphatic heterocycles. The Morgan fingerprint density at radius 3 is 3.10 bits per heavy atom. The number of aryl methyl sites for hydroxylation is 1. The van der Waals surface area contributed by atoms with E-state index in [4.69, 9.17) is 6.11 Å². The number of rotatable bonds is 4. The monoisotopic (exact) mass is 292 g/mol. The van der Waals surface area contributed by atoms with Crippen molar-refractivity contribution in [3.63, 3.8) is 0 Å². The molecule has 0 amide bonds. The molecular weight excluding hydrogens is 280 g/mol. The Bertz CT molecular complexity index is 826. The molecule has 3 aromatic heterocycles. The molecule has 0 saturated carbocycles. The van der Waals surface area contributed by atoms with Crippen molar-refractivity contribution in [1.82, 2.24) is 29.8 Å². The number of nitrogens with zero attached hydrogens (tertiary/aromatic N) is 6. The molecule has 0 aliphatic rings. The predicted octanol–water partition coefficient (Wildman–Crippen LogP) is 0.396. The van der Waals surface area contributed by atoms with Gasteiger partial charge in [-0.05, 0) is 16.5 Å². The van der Waals surface area contributed by atoms with Crippen molar-refractivity contribution in [3.05, 3.63) is 46.1 Å². The molecule has 9 heteroatoms. The number of hydrogen-bond donors (Lipinski definition) is 0. The lowest BCUT2D eigenvalue weighted by Gasteiger charge is -2.07. The maximum Gasteiger partial charge on any atom is 0.368 e. The summed E-state index contributed by atoms with van der Waals surface area (Å²) in [6.07, 6.45) is 3.31. The highest BCUT2D eigenvalue weighted by Gasteiger charge is 2.11. The normalized spacial score (nSPS) is 11.3. The van der Waals surface area contributed by atoms with E-state index < -0.39 is 0 Å². The van der Waals surface area contributed by atoms with E-state index in [0.29, 0.717) is 16.4 Å². The first-order valence-electron chi connectivity index (χ1n) is 6.12. The van der Waals surface area contributed by atoms with E-state index in [1.54, 1.807) is 23.8 Å². The van der Waals surface area contributed by atoms with Crippen molar-refractivity contribution in [2.45, 2.75) is 6.61 Å². The van der Waals surface area contributed by atoms with E-state index in [0.717, 1.165) is 4.68 Å². The molecule has 3 aromatic rings. The van der Waals surface area contributed by atoms with Crippen LogP contribution in [0.5, 0.6) is 5.19 Å². The lowest BCUT2D eigenvalue weighted by molar-refractivity contribution is 0.303. The SMILES string of the molecule is [3H]c1csc(OCc2cnccc2-n2nnn(C)c2=O)n1. The molecule has 0 saturated heterocycles. The molecule has 3 rings (SSSR count). The third kappa shape index (κ3) is 2.30. The second-order valence-electron chi connectivity index (χ2n) is 3.83. The lowest BCUT2D eigenvalue weighted by Crippen LogP contribution is -2.23. The van der Waals surface area contributed by atoms with Crippen LogP contribution in [0.4, 0.5) is 0 Å². The molecule has 0 aromatic carbocycles. The van der Waals surface area contributed by atoms with Gasteiger partial charge in [0, 0.05) is 36.6 Å². The molecule has 0 unspecified atom stereocenters. The van der Waals surface area contributed by atoms with Crippen LogP contribution in [0, 0.1) is 0 Å². The van der Waals surface area contributed by atoms with Crippen LogP contribution in [0.2, 0.25) is 0 Å². The van der Waals surface area contributed by atoms with E-state index in [9.17, 15) is 4.79 Å². The molecule has 0 fully saturated rings. The van der Waals surface area contributed by atoms with Crippen LogP contribution in [-0.2, 0) is 13.7 Å². The third-order valence-electron chi connectivity index (χ3n) is 2.55. The highest BCUT2D eigenvalue weighted by Crippen LogP contribution is 2.17. The molecule has 102 valence electrons. The minimum atomic E-state index is -0.356. The Labute approximate surface area is 118 Å². The van der Waals surface area contributed by atoms with Gasteiger partial charge in [0.2, 0.25) is 0 Å². The predicted molar refractivity (Wildman–Crippen MR) is 70.8 cm³/mol. The van der Waals surface area contributed by atoms with Gasteiger partial charge in [-0.1, -0.05) is 11.3 Å². The van der Waals surface area contributed by atoms with Crippen LogP contribution >= 0.6 is 11.3 Å². The quantitative estimate of drug-likeness (QED) is 0.691. The highest BCUT2D eigenvalue weighted by atomic mass is 32.1. The summed E-state index contributed by atoms with van der Waals surface area (Å²) >= 11 is 1.24. The minimum absolute atomic E-state index is 0.159. The number of pyridine rings is 1. The molecule has 0 atom stereocenters. The fourth-order valence-corrected chi connectivity index (χ4v) is 2.03. The van der Waals surface area contributed by atoms with Gasteiger partial charge in [-0.25, -0.2) is 9.78 Å². The molecule has 0 N–H and O–H groups in total. The lowest BCUT2D eigenvalue weighted by atomic mass is 10.2. The molecule has 0 aliphatic carbocycles. The van der Waals surface area contributed by atoms with E-state index in [-0.39, 0.29) is 18.5 Å². The van der Waals surface area contributed by atoms with Gasteiger partial charge in [0.05, 0.1) is 7.06 Å². The van der Waals surface area contributed by atoms with Crippen molar-refractivity contribution >= 4 is 11.3 Å². The van der Waals surface area contributed by atoms with Crippen molar-refractivity contribution in [3.8, 4) is 10.9 Å². The summed E-state index contributed by atoms with van der Waals surface area (Å²) in [5.74, 6) is 0. The van der Waals surface area contributed by atoms with Crippen LogP contribution in [0.1, 0.15) is 6.93 Å². The maximum absolute atomic E-state index is 11.9. The summed E-state index contributed by atoms with van der Waals surface area (Å²) in [4.78, 5) is 19.8. The Balaban J connectivity index is 1.89. The van der Waals surface area contributed by atoms with Crippen molar-refractivity contribution in [2.75, 3.05) is 0 Å². The molecule has 3 heterocycles. The molecule has 0 radical (unpaired) electrons. The zero-order valence-electron chi connectivity index (χ0n) is 11.4. The van der Waals surface area contributed by atoms with Crippen LogP contribution in [0.25, 0.3) is 5.69 Å².